The summed E-state index contributed by atoms with van der Waals surface area (Å²) in [6, 6.07) is 7.80. The molecule has 1 saturated heterocycles. The zero-order chi connectivity index (χ0) is 18.8. The number of morpholine rings is 1. The molecule has 0 unspecified atom stereocenters. The van der Waals surface area contributed by atoms with Crippen LogP contribution in [0.2, 0.25) is 0 Å². The first kappa shape index (κ1) is 19.7. The second kappa shape index (κ2) is 8.81. The van der Waals surface area contributed by atoms with E-state index in [0.717, 1.165) is 53.5 Å². The van der Waals surface area contributed by atoms with Crippen LogP contribution >= 0.6 is 13.5 Å². The quantitative estimate of drug-likeness (QED) is 0.671. The van der Waals surface area contributed by atoms with Gasteiger partial charge in [-0.05, 0) is 24.3 Å². The van der Waals surface area contributed by atoms with E-state index >= 15 is 0 Å². The molecule has 2 aromatic heterocycles. The Morgan fingerprint density at radius 3 is 2.76 bits per heavy atom. The van der Waals surface area contributed by atoms with Crippen LogP contribution in [0.4, 0.5) is 5.82 Å². The minimum Gasteiger partial charge on any atom is -0.486 e. The van der Waals surface area contributed by atoms with Crippen LogP contribution in [0.25, 0.3) is 22.3 Å². The zero-order valence-corrected chi connectivity index (χ0v) is 16.9. The molecule has 3 aromatic rings. The summed E-state index contributed by atoms with van der Waals surface area (Å²) in [6.07, 6.45) is 3.46. The Labute approximate surface area is 175 Å². The summed E-state index contributed by atoms with van der Waals surface area (Å²) in [5.74, 6) is 2.20. The smallest absolute Gasteiger partial charge is 0.162 e. The molecule has 4 heterocycles. The van der Waals surface area contributed by atoms with Gasteiger partial charge in [0.05, 0.1) is 23.9 Å². The number of benzene rings is 1. The molecular weight excluding hydrogens is 390 g/mol. The molecule has 1 fully saturated rings. The van der Waals surface area contributed by atoms with Crippen LogP contribution in [0.15, 0.2) is 36.7 Å². The first-order valence-electron chi connectivity index (χ1n) is 9.45. The van der Waals surface area contributed by atoms with Crippen molar-refractivity contribution in [3.05, 3.63) is 36.7 Å². The van der Waals surface area contributed by atoms with Crippen LogP contribution in [-0.4, -0.2) is 60.5 Å². The van der Waals surface area contributed by atoms with E-state index in [4.69, 9.17) is 19.2 Å². The second-order valence-electron chi connectivity index (χ2n) is 6.72. The number of anilines is 1. The average Bonchev–Trinajstić information content (AvgIpc) is 2.77. The van der Waals surface area contributed by atoms with E-state index < -0.39 is 0 Å². The number of ether oxygens (including phenoxy) is 3. The number of aromatic nitrogens is 3. The maximum absolute atomic E-state index is 5.77. The first-order chi connectivity index (χ1) is 13.9. The van der Waals surface area contributed by atoms with Crippen LogP contribution in [0.1, 0.15) is 0 Å². The molecule has 1 atom stereocenters. The summed E-state index contributed by atoms with van der Waals surface area (Å²) >= 11 is 0. The van der Waals surface area contributed by atoms with Gasteiger partial charge in [0.25, 0.3) is 0 Å². The predicted octanol–water partition coefficient (Wildman–Crippen LogP) is 1.98. The summed E-state index contributed by atoms with van der Waals surface area (Å²) in [7, 11) is 0. The summed E-state index contributed by atoms with van der Waals surface area (Å²) in [5, 5.41) is 6.73. The van der Waals surface area contributed by atoms with Crippen molar-refractivity contribution >= 4 is 30.3 Å². The molecule has 152 valence electrons. The Bertz CT molecular complexity index is 997. The molecule has 2 aliphatic heterocycles. The summed E-state index contributed by atoms with van der Waals surface area (Å²) in [6.45, 7) is 4.20. The van der Waals surface area contributed by atoms with Gasteiger partial charge in [-0.2, -0.15) is 13.5 Å². The Balaban J connectivity index is 0.00000205. The van der Waals surface area contributed by atoms with Gasteiger partial charge in [0.15, 0.2) is 17.3 Å². The monoisotopic (exact) mass is 413 g/mol. The van der Waals surface area contributed by atoms with Crippen molar-refractivity contribution in [2.24, 2.45) is 0 Å². The van der Waals surface area contributed by atoms with Gasteiger partial charge in [-0.1, -0.05) is 0 Å². The highest BCUT2D eigenvalue weighted by molar-refractivity contribution is 7.59. The second-order valence-corrected chi connectivity index (χ2v) is 6.72. The molecule has 0 aliphatic carbocycles. The van der Waals surface area contributed by atoms with Gasteiger partial charge in [-0.15, -0.1) is 0 Å². The van der Waals surface area contributed by atoms with E-state index in [1.54, 1.807) is 12.4 Å². The fourth-order valence-corrected chi connectivity index (χ4v) is 3.41. The lowest BCUT2D eigenvalue weighted by Gasteiger charge is -2.24. The van der Waals surface area contributed by atoms with Crippen molar-refractivity contribution in [2.45, 2.75) is 6.10 Å². The van der Waals surface area contributed by atoms with E-state index in [0.29, 0.717) is 25.6 Å². The molecule has 2 aliphatic rings. The number of nitrogens with one attached hydrogen (secondary N) is 2. The zero-order valence-electron chi connectivity index (χ0n) is 15.9. The minimum atomic E-state index is 0. The number of rotatable bonds is 4. The molecule has 2 N–H and O–H groups in total. The molecule has 0 amide bonds. The summed E-state index contributed by atoms with van der Waals surface area (Å²) in [5.41, 5.74) is 3.27. The van der Waals surface area contributed by atoms with Crippen molar-refractivity contribution in [3.63, 3.8) is 0 Å². The van der Waals surface area contributed by atoms with E-state index in [1.807, 2.05) is 24.3 Å². The molecule has 0 radical (unpaired) electrons. The molecular formula is C20H23N5O3S. The number of fused-ring (bicyclic) bond motifs is 2. The predicted molar refractivity (Wildman–Crippen MR) is 115 cm³/mol. The van der Waals surface area contributed by atoms with Crippen molar-refractivity contribution < 1.29 is 14.2 Å². The standard InChI is InChI=1S/C20H21N5O3.H2S/c1-2-17-18(28-8-7-27-17)9-13(1)15-10-16-19(23-4-3-22-16)20(25-15)24-12-14-11-21-5-6-26-14;/h1-4,9-10,14,21H,5-8,11-12H2,(H,24,25);1H2/t14-;/m0./s1. The number of hydrogen-bond acceptors (Lipinski definition) is 8. The van der Waals surface area contributed by atoms with Gasteiger partial charge in [0.1, 0.15) is 18.7 Å². The third kappa shape index (κ3) is 4.21. The van der Waals surface area contributed by atoms with Crippen LogP contribution in [0, 0.1) is 0 Å². The molecule has 8 nitrogen and oxygen atoms in total. The van der Waals surface area contributed by atoms with Crippen LogP contribution < -0.4 is 20.1 Å². The Morgan fingerprint density at radius 2 is 1.90 bits per heavy atom. The molecule has 9 heteroatoms. The normalized spacial score (nSPS) is 18.1. The van der Waals surface area contributed by atoms with Crippen molar-refractivity contribution in [3.8, 4) is 22.8 Å². The van der Waals surface area contributed by atoms with Gasteiger partial charge < -0.3 is 24.8 Å². The van der Waals surface area contributed by atoms with Crippen LogP contribution in [0.3, 0.4) is 0 Å². The maximum Gasteiger partial charge on any atom is 0.162 e. The van der Waals surface area contributed by atoms with Crippen molar-refractivity contribution in [2.75, 3.05) is 44.8 Å². The third-order valence-corrected chi connectivity index (χ3v) is 4.80. The average molecular weight is 414 g/mol. The lowest BCUT2D eigenvalue weighted by Crippen LogP contribution is -2.42. The van der Waals surface area contributed by atoms with Crippen molar-refractivity contribution in [1.29, 1.82) is 0 Å². The topological polar surface area (TPSA) is 90.4 Å². The molecule has 0 saturated carbocycles. The fraction of sp³-hybridized carbons (Fsp3) is 0.350. The lowest BCUT2D eigenvalue weighted by atomic mass is 10.1. The maximum atomic E-state index is 5.77. The van der Waals surface area contributed by atoms with E-state index in [1.165, 1.54) is 0 Å². The van der Waals surface area contributed by atoms with Gasteiger partial charge >= 0.3 is 0 Å². The van der Waals surface area contributed by atoms with Crippen molar-refractivity contribution in [1.82, 2.24) is 20.3 Å². The first-order valence-corrected chi connectivity index (χ1v) is 9.45. The third-order valence-electron chi connectivity index (χ3n) is 4.80. The number of nitrogens with zero attached hydrogens (tertiary/aromatic N) is 3. The van der Waals surface area contributed by atoms with Gasteiger partial charge in [-0.25, -0.2) is 9.97 Å². The van der Waals surface area contributed by atoms with Gasteiger partial charge in [-0.3, -0.25) is 4.98 Å². The number of hydrogen-bond donors (Lipinski definition) is 2. The Kier molecular flexibility index (Phi) is 5.98. The van der Waals surface area contributed by atoms with Crippen LogP contribution in [0.5, 0.6) is 11.5 Å². The Morgan fingerprint density at radius 1 is 1.03 bits per heavy atom. The lowest BCUT2D eigenvalue weighted by molar-refractivity contribution is 0.0372. The summed E-state index contributed by atoms with van der Waals surface area (Å²) < 4.78 is 17.1. The molecule has 5 rings (SSSR count). The molecule has 1 aromatic carbocycles. The highest BCUT2D eigenvalue weighted by Crippen LogP contribution is 2.35. The molecule has 0 bridgehead atoms. The van der Waals surface area contributed by atoms with E-state index in [-0.39, 0.29) is 19.6 Å². The minimum absolute atomic E-state index is 0. The SMILES string of the molecule is S.c1cnc2c(NC[C@@H]3CNCCO3)nc(-c3ccc4c(c3)OCCO4)cc2n1. The van der Waals surface area contributed by atoms with E-state index in [9.17, 15) is 0 Å². The van der Waals surface area contributed by atoms with Gasteiger partial charge in [0.2, 0.25) is 0 Å². The Hall–Kier alpha value is -2.62. The number of pyridine rings is 1. The molecule has 0 spiro atoms. The fourth-order valence-electron chi connectivity index (χ4n) is 3.41. The highest BCUT2D eigenvalue weighted by Gasteiger charge is 2.17. The largest absolute Gasteiger partial charge is 0.486 e. The van der Waals surface area contributed by atoms with Crippen LogP contribution in [-0.2, 0) is 4.74 Å². The molecule has 29 heavy (non-hydrogen) atoms. The van der Waals surface area contributed by atoms with Gasteiger partial charge in [0, 0.05) is 37.6 Å². The van der Waals surface area contributed by atoms with E-state index in [2.05, 4.69) is 20.6 Å². The highest BCUT2D eigenvalue weighted by atomic mass is 32.1. The summed E-state index contributed by atoms with van der Waals surface area (Å²) in [4.78, 5) is 13.7.